The summed E-state index contributed by atoms with van der Waals surface area (Å²) < 4.78 is 0. The van der Waals surface area contributed by atoms with Gasteiger partial charge in [-0.3, -0.25) is 0 Å². The summed E-state index contributed by atoms with van der Waals surface area (Å²) in [4.78, 5) is 0. The highest BCUT2D eigenvalue weighted by atomic mass is 35.5. The molecule has 2 rings (SSSR count). The molecule has 0 radical (unpaired) electrons. The van der Waals surface area contributed by atoms with E-state index in [0.29, 0.717) is 15.5 Å². The summed E-state index contributed by atoms with van der Waals surface area (Å²) in [5.41, 5.74) is 1.41. The first-order chi connectivity index (χ1) is 9.38. The van der Waals surface area contributed by atoms with E-state index in [1.165, 1.54) is 25.7 Å². The molecule has 0 aromatic heterocycles. The Morgan fingerprint density at radius 3 is 2.35 bits per heavy atom. The zero-order valence-corrected chi connectivity index (χ0v) is 14.2. The highest BCUT2D eigenvalue weighted by Crippen LogP contribution is 2.40. The van der Waals surface area contributed by atoms with Crippen LogP contribution in [-0.4, -0.2) is 6.54 Å². The maximum absolute atomic E-state index is 6.20. The molecule has 1 saturated carbocycles. The van der Waals surface area contributed by atoms with Gasteiger partial charge in [0.1, 0.15) is 0 Å². The van der Waals surface area contributed by atoms with Crippen molar-refractivity contribution in [3.05, 3.63) is 28.2 Å². The van der Waals surface area contributed by atoms with Gasteiger partial charge in [-0.1, -0.05) is 50.0 Å². The van der Waals surface area contributed by atoms with Gasteiger partial charge in [-0.15, -0.1) is 0 Å². The van der Waals surface area contributed by atoms with Crippen molar-refractivity contribution in [3.63, 3.8) is 0 Å². The molecule has 1 N–H and O–H groups in total. The molecule has 1 fully saturated rings. The lowest BCUT2D eigenvalue weighted by atomic mass is 9.70. The third kappa shape index (κ3) is 4.05. The van der Waals surface area contributed by atoms with E-state index in [4.69, 9.17) is 23.2 Å². The van der Waals surface area contributed by atoms with Gasteiger partial charge in [0.2, 0.25) is 0 Å². The van der Waals surface area contributed by atoms with Crippen molar-refractivity contribution in [3.8, 4) is 0 Å². The second-order valence-corrected chi connectivity index (χ2v) is 7.85. The van der Waals surface area contributed by atoms with E-state index in [1.54, 1.807) is 0 Å². The third-order valence-corrected chi connectivity index (χ3v) is 5.42. The Morgan fingerprint density at radius 2 is 1.75 bits per heavy atom. The first kappa shape index (κ1) is 16.0. The monoisotopic (exact) mass is 313 g/mol. The maximum atomic E-state index is 6.20. The van der Waals surface area contributed by atoms with Gasteiger partial charge in [-0.05, 0) is 55.1 Å². The van der Waals surface area contributed by atoms with Crippen LogP contribution in [0.1, 0.15) is 46.5 Å². The number of benzene rings is 1. The number of hydrogen-bond donors (Lipinski definition) is 1. The van der Waals surface area contributed by atoms with Gasteiger partial charge in [0.25, 0.3) is 0 Å². The molecule has 0 amide bonds. The van der Waals surface area contributed by atoms with Crippen LogP contribution in [0.5, 0.6) is 0 Å². The Morgan fingerprint density at radius 1 is 1.10 bits per heavy atom. The molecular formula is C17H25Cl2N. The largest absolute Gasteiger partial charge is 0.384 e. The van der Waals surface area contributed by atoms with Gasteiger partial charge in [0, 0.05) is 6.54 Å². The average molecular weight is 314 g/mol. The minimum absolute atomic E-state index is 0.453. The molecule has 20 heavy (non-hydrogen) atoms. The number of anilines is 1. The van der Waals surface area contributed by atoms with E-state index < -0.39 is 0 Å². The Bertz CT molecular complexity index is 443. The van der Waals surface area contributed by atoms with Gasteiger partial charge < -0.3 is 5.32 Å². The van der Waals surface area contributed by atoms with Crippen molar-refractivity contribution in [2.75, 3.05) is 11.9 Å². The number of rotatable bonds is 3. The minimum atomic E-state index is 0.453. The average Bonchev–Trinajstić information content (AvgIpc) is 2.40. The Kier molecular flexibility index (Phi) is 5.25. The standard InChI is InChI=1S/C17H25Cl2N/c1-17(2,3)13-9-7-12(8-10-13)11-20-15-6-4-5-14(18)16(15)19/h4-6,12-13,20H,7-11H2,1-3H3. The lowest BCUT2D eigenvalue weighted by Gasteiger charge is -2.37. The lowest BCUT2D eigenvalue weighted by Crippen LogP contribution is -2.28. The van der Waals surface area contributed by atoms with Crippen molar-refractivity contribution in [2.45, 2.75) is 46.5 Å². The minimum Gasteiger partial charge on any atom is -0.384 e. The van der Waals surface area contributed by atoms with E-state index in [9.17, 15) is 0 Å². The SMILES string of the molecule is CC(C)(C)C1CCC(CNc2cccc(Cl)c2Cl)CC1. The Hall–Kier alpha value is -0.400. The van der Waals surface area contributed by atoms with Crippen molar-refractivity contribution >= 4 is 28.9 Å². The summed E-state index contributed by atoms with van der Waals surface area (Å²) in [6.07, 6.45) is 5.32. The van der Waals surface area contributed by atoms with Gasteiger partial charge >= 0.3 is 0 Å². The molecule has 0 atom stereocenters. The zero-order valence-electron chi connectivity index (χ0n) is 12.7. The smallest absolute Gasteiger partial charge is 0.0823 e. The molecule has 1 aliphatic rings. The Balaban J connectivity index is 1.83. The second kappa shape index (κ2) is 6.58. The molecule has 0 bridgehead atoms. The van der Waals surface area contributed by atoms with E-state index in [-0.39, 0.29) is 0 Å². The quantitative estimate of drug-likeness (QED) is 0.694. The van der Waals surface area contributed by atoms with Crippen LogP contribution < -0.4 is 5.32 Å². The van der Waals surface area contributed by atoms with Gasteiger partial charge in [-0.2, -0.15) is 0 Å². The van der Waals surface area contributed by atoms with Gasteiger partial charge in [0.05, 0.1) is 15.7 Å². The summed E-state index contributed by atoms with van der Waals surface area (Å²) in [7, 11) is 0. The zero-order chi connectivity index (χ0) is 14.8. The summed E-state index contributed by atoms with van der Waals surface area (Å²) in [5.74, 6) is 1.62. The van der Waals surface area contributed by atoms with Crippen LogP contribution in [0.15, 0.2) is 18.2 Å². The topological polar surface area (TPSA) is 12.0 Å². The molecule has 0 spiro atoms. The van der Waals surface area contributed by atoms with E-state index in [0.717, 1.165) is 24.1 Å². The van der Waals surface area contributed by atoms with Crippen LogP contribution in [0.4, 0.5) is 5.69 Å². The highest BCUT2D eigenvalue weighted by molar-refractivity contribution is 6.43. The van der Waals surface area contributed by atoms with E-state index >= 15 is 0 Å². The van der Waals surface area contributed by atoms with Crippen LogP contribution in [0, 0.1) is 17.3 Å². The Labute approximate surface area is 133 Å². The second-order valence-electron chi connectivity index (χ2n) is 7.07. The molecular weight excluding hydrogens is 289 g/mol. The number of halogens is 2. The predicted octanol–water partition coefficient (Wildman–Crippen LogP) is 6.26. The molecule has 0 saturated heterocycles. The lowest BCUT2D eigenvalue weighted by molar-refractivity contribution is 0.153. The fourth-order valence-corrected chi connectivity index (χ4v) is 3.49. The fraction of sp³-hybridized carbons (Fsp3) is 0.647. The van der Waals surface area contributed by atoms with Crippen LogP contribution in [-0.2, 0) is 0 Å². The summed E-state index contributed by atoms with van der Waals surface area (Å²) in [6, 6.07) is 5.76. The molecule has 1 aromatic rings. The molecule has 0 aliphatic heterocycles. The predicted molar refractivity (Wildman–Crippen MR) is 89.9 cm³/mol. The molecule has 1 aliphatic carbocycles. The van der Waals surface area contributed by atoms with E-state index in [2.05, 4.69) is 26.1 Å². The number of nitrogens with one attached hydrogen (secondary N) is 1. The highest BCUT2D eigenvalue weighted by Gasteiger charge is 2.29. The fourth-order valence-electron chi connectivity index (χ4n) is 3.13. The first-order valence-corrected chi connectivity index (χ1v) is 8.31. The third-order valence-electron chi connectivity index (χ3n) is 4.60. The summed E-state index contributed by atoms with van der Waals surface area (Å²) in [6.45, 7) is 8.09. The van der Waals surface area contributed by atoms with Crippen molar-refractivity contribution in [1.29, 1.82) is 0 Å². The summed E-state index contributed by atoms with van der Waals surface area (Å²) >= 11 is 12.2. The molecule has 0 heterocycles. The molecule has 3 heteroatoms. The van der Waals surface area contributed by atoms with Crippen LogP contribution in [0.25, 0.3) is 0 Å². The molecule has 1 nitrogen and oxygen atoms in total. The van der Waals surface area contributed by atoms with Crippen LogP contribution >= 0.6 is 23.2 Å². The van der Waals surface area contributed by atoms with Gasteiger partial charge in [-0.25, -0.2) is 0 Å². The molecule has 112 valence electrons. The molecule has 1 aromatic carbocycles. The van der Waals surface area contributed by atoms with Gasteiger partial charge in [0.15, 0.2) is 0 Å². The van der Waals surface area contributed by atoms with Crippen LogP contribution in [0.2, 0.25) is 10.0 Å². The van der Waals surface area contributed by atoms with E-state index in [1.807, 2.05) is 18.2 Å². The van der Waals surface area contributed by atoms with Crippen molar-refractivity contribution < 1.29 is 0 Å². The molecule has 0 unspecified atom stereocenters. The maximum Gasteiger partial charge on any atom is 0.0823 e. The first-order valence-electron chi connectivity index (χ1n) is 7.56. The summed E-state index contributed by atoms with van der Waals surface area (Å²) in [5, 5.41) is 4.72. The van der Waals surface area contributed by atoms with Crippen LogP contribution in [0.3, 0.4) is 0 Å². The normalized spacial score (nSPS) is 23.6. The number of hydrogen-bond acceptors (Lipinski definition) is 1. The van der Waals surface area contributed by atoms with Crippen molar-refractivity contribution in [1.82, 2.24) is 0 Å². The van der Waals surface area contributed by atoms with Crippen molar-refractivity contribution in [2.24, 2.45) is 17.3 Å².